The zero-order chi connectivity index (χ0) is 13.9. The molecule has 1 N–H and O–H groups in total. The first-order chi connectivity index (χ1) is 9.74. The average Bonchev–Trinajstić information content (AvgIpc) is 3.13. The van der Waals surface area contributed by atoms with Crippen molar-refractivity contribution < 1.29 is 14.3 Å². The van der Waals surface area contributed by atoms with Gasteiger partial charge in [0.1, 0.15) is 6.04 Å². The van der Waals surface area contributed by atoms with Crippen molar-refractivity contribution in [2.45, 2.75) is 19.5 Å². The molecule has 1 aromatic carbocycles. The van der Waals surface area contributed by atoms with Crippen LogP contribution in [0.2, 0.25) is 0 Å². The molecule has 0 bridgehead atoms. The molecule has 1 aromatic heterocycles. The molecule has 104 valence electrons. The number of aromatic nitrogens is 2. The lowest BCUT2D eigenvalue weighted by atomic mass is 10.2. The summed E-state index contributed by atoms with van der Waals surface area (Å²) in [5.41, 5.74) is 0.968. The number of nitrogens with one attached hydrogen (secondary N) is 1. The van der Waals surface area contributed by atoms with Gasteiger partial charge >= 0.3 is 0 Å². The molecule has 0 aliphatic carbocycles. The number of nitrogens with zero attached hydrogens (tertiary/aromatic N) is 2. The minimum Gasteiger partial charge on any atom is -0.454 e. The molecule has 1 aliphatic heterocycles. The molecule has 0 radical (unpaired) electrons. The molecule has 0 saturated heterocycles. The van der Waals surface area contributed by atoms with Crippen LogP contribution in [0.5, 0.6) is 11.5 Å². The molecule has 6 nitrogen and oxygen atoms in total. The molecule has 0 saturated carbocycles. The molecule has 1 amide bonds. The van der Waals surface area contributed by atoms with E-state index in [4.69, 9.17) is 9.47 Å². The van der Waals surface area contributed by atoms with Crippen LogP contribution in [-0.2, 0) is 11.3 Å². The molecule has 1 atom stereocenters. The Morgan fingerprint density at radius 1 is 1.45 bits per heavy atom. The lowest BCUT2D eigenvalue weighted by Crippen LogP contribution is -2.30. The molecule has 20 heavy (non-hydrogen) atoms. The number of rotatable bonds is 4. The van der Waals surface area contributed by atoms with E-state index in [1.165, 1.54) is 0 Å². The van der Waals surface area contributed by atoms with Crippen LogP contribution >= 0.6 is 0 Å². The van der Waals surface area contributed by atoms with Crippen molar-refractivity contribution in [1.82, 2.24) is 15.1 Å². The summed E-state index contributed by atoms with van der Waals surface area (Å²) in [5, 5.41) is 6.94. The fourth-order valence-corrected chi connectivity index (χ4v) is 2.02. The standard InChI is InChI=1S/C14H15N3O3/c1-10(17-6-2-5-16-17)14(18)15-8-11-3-4-12-13(7-11)20-9-19-12/h2-7,10H,8-9H2,1H3,(H,15,18)/t10-/m0/s1. The molecule has 0 fully saturated rings. The van der Waals surface area contributed by atoms with Gasteiger partial charge in [-0.15, -0.1) is 0 Å². The highest BCUT2D eigenvalue weighted by Gasteiger charge is 2.16. The lowest BCUT2D eigenvalue weighted by Gasteiger charge is -2.12. The molecular formula is C14H15N3O3. The molecular weight excluding hydrogens is 258 g/mol. The number of amides is 1. The minimum atomic E-state index is -0.334. The number of hydrogen-bond acceptors (Lipinski definition) is 4. The first-order valence-corrected chi connectivity index (χ1v) is 6.39. The Morgan fingerprint density at radius 2 is 2.30 bits per heavy atom. The van der Waals surface area contributed by atoms with Crippen molar-refractivity contribution in [3.63, 3.8) is 0 Å². The molecule has 0 unspecified atom stereocenters. The van der Waals surface area contributed by atoms with Gasteiger partial charge in [0.15, 0.2) is 11.5 Å². The highest BCUT2D eigenvalue weighted by molar-refractivity contribution is 5.79. The Labute approximate surface area is 116 Å². The van der Waals surface area contributed by atoms with E-state index in [0.717, 1.165) is 17.1 Å². The van der Waals surface area contributed by atoms with E-state index in [1.54, 1.807) is 23.1 Å². The molecule has 3 rings (SSSR count). The Hall–Kier alpha value is -2.50. The number of carbonyl (C=O) groups excluding carboxylic acids is 1. The SMILES string of the molecule is C[C@@H](C(=O)NCc1ccc2c(c1)OCO2)n1cccn1. The third-order valence-electron chi connectivity index (χ3n) is 3.20. The maximum absolute atomic E-state index is 12.0. The summed E-state index contributed by atoms with van der Waals surface area (Å²) in [7, 11) is 0. The van der Waals surface area contributed by atoms with E-state index >= 15 is 0 Å². The van der Waals surface area contributed by atoms with Gasteiger partial charge < -0.3 is 14.8 Å². The summed E-state index contributed by atoms with van der Waals surface area (Å²) in [5.74, 6) is 1.38. The fourth-order valence-electron chi connectivity index (χ4n) is 2.02. The molecule has 2 aromatic rings. The van der Waals surface area contributed by atoms with Gasteiger partial charge in [0.2, 0.25) is 12.7 Å². The van der Waals surface area contributed by atoms with Crippen molar-refractivity contribution in [3.05, 3.63) is 42.2 Å². The maximum Gasteiger partial charge on any atom is 0.244 e. The van der Waals surface area contributed by atoms with Gasteiger partial charge in [0.25, 0.3) is 0 Å². The first-order valence-electron chi connectivity index (χ1n) is 6.39. The zero-order valence-electron chi connectivity index (χ0n) is 11.1. The van der Waals surface area contributed by atoms with E-state index in [1.807, 2.05) is 25.1 Å². The summed E-state index contributed by atoms with van der Waals surface area (Å²) >= 11 is 0. The van der Waals surface area contributed by atoms with Crippen molar-refractivity contribution in [2.24, 2.45) is 0 Å². The zero-order valence-corrected chi connectivity index (χ0v) is 11.1. The normalized spacial score (nSPS) is 14.1. The van der Waals surface area contributed by atoms with Crippen LogP contribution in [0.3, 0.4) is 0 Å². The Morgan fingerprint density at radius 3 is 3.10 bits per heavy atom. The van der Waals surface area contributed by atoms with Gasteiger partial charge in [0.05, 0.1) is 0 Å². The van der Waals surface area contributed by atoms with E-state index in [0.29, 0.717) is 6.54 Å². The van der Waals surface area contributed by atoms with Gasteiger partial charge in [0, 0.05) is 18.9 Å². The van der Waals surface area contributed by atoms with Crippen LogP contribution in [0.25, 0.3) is 0 Å². The first kappa shape index (κ1) is 12.5. The van der Waals surface area contributed by atoms with Gasteiger partial charge in [-0.25, -0.2) is 0 Å². The smallest absolute Gasteiger partial charge is 0.244 e. The number of benzene rings is 1. The van der Waals surface area contributed by atoms with E-state index in [2.05, 4.69) is 10.4 Å². The van der Waals surface area contributed by atoms with E-state index < -0.39 is 0 Å². The van der Waals surface area contributed by atoms with Crippen LogP contribution in [0.1, 0.15) is 18.5 Å². The van der Waals surface area contributed by atoms with Gasteiger partial charge in [-0.1, -0.05) is 6.07 Å². The molecule has 6 heteroatoms. The van der Waals surface area contributed by atoms with Crippen molar-refractivity contribution in [2.75, 3.05) is 6.79 Å². The fraction of sp³-hybridized carbons (Fsp3) is 0.286. The monoisotopic (exact) mass is 273 g/mol. The predicted octanol–water partition coefficient (Wildman–Crippen LogP) is 1.49. The lowest BCUT2D eigenvalue weighted by molar-refractivity contribution is -0.124. The van der Waals surface area contributed by atoms with Crippen molar-refractivity contribution >= 4 is 5.91 Å². The number of hydrogen-bond donors (Lipinski definition) is 1. The molecule has 1 aliphatic rings. The predicted molar refractivity (Wildman–Crippen MR) is 71.3 cm³/mol. The largest absolute Gasteiger partial charge is 0.454 e. The minimum absolute atomic E-state index is 0.0774. The number of carbonyl (C=O) groups is 1. The summed E-state index contributed by atoms with van der Waals surface area (Å²) in [6.45, 7) is 2.50. The van der Waals surface area contributed by atoms with Gasteiger partial charge in [-0.05, 0) is 30.7 Å². The highest BCUT2D eigenvalue weighted by Crippen LogP contribution is 2.32. The summed E-state index contributed by atoms with van der Waals surface area (Å²) in [4.78, 5) is 12.0. The average molecular weight is 273 g/mol. The van der Waals surface area contributed by atoms with Crippen LogP contribution in [-0.4, -0.2) is 22.5 Å². The van der Waals surface area contributed by atoms with Crippen LogP contribution < -0.4 is 14.8 Å². The second-order valence-corrected chi connectivity index (χ2v) is 4.57. The summed E-state index contributed by atoms with van der Waals surface area (Å²) in [6, 6.07) is 7.09. The van der Waals surface area contributed by atoms with E-state index in [9.17, 15) is 4.79 Å². The second kappa shape index (κ2) is 5.24. The van der Waals surface area contributed by atoms with Gasteiger partial charge in [-0.3, -0.25) is 9.48 Å². The third kappa shape index (κ3) is 2.45. The molecule has 0 spiro atoms. The van der Waals surface area contributed by atoms with Crippen LogP contribution in [0.4, 0.5) is 0 Å². The maximum atomic E-state index is 12.0. The third-order valence-corrected chi connectivity index (χ3v) is 3.20. The van der Waals surface area contributed by atoms with Crippen molar-refractivity contribution in [1.29, 1.82) is 0 Å². The quantitative estimate of drug-likeness (QED) is 0.916. The number of fused-ring (bicyclic) bond motifs is 1. The molecule has 2 heterocycles. The van der Waals surface area contributed by atoms with Gasteiger partial charge in [-0.2, -0.15) is 5.10 Å². The Kier molecular flexibility index (Phi) is 3.28. The second-order valence-electron chi connectivity index (χ2n) is 4.57. The van der Waals surface area contributed by atoms with E-state index in [-0.39, 0.29) is 18.7 Å². The topological polar surface area (TPSA) is 65.4 Å². The van der Waals surface area contributed by atoms with Crippen molar-refractivity contribution in [3.8, 4) is 11.5 Å². The van der Waals surface area contributed by atoms with Crippen LogP contribution in [0.15, 0.2) is 36.7 Å². The Balaban J connectivity index is 1.60. The van der Waals surface area contributed by atoms with Crippen LogP contribution in [0, 0.1) is 0 Å². The summed E-state index contributed by atoms with van der Waals surface area (Å²) in [6.07, 6.45) is 3.42. The number of ether oxygens (including phenoxy) is 2. The summed E-state index contributed by atoms with van der Waals surface area (Å²) < 4.78 is 12.2. The highest BCUT2D eigenvalue weighted by atomic mass is 16.7. The Bertz CT molecular complexity index is 610.